The van der Waals surface area contributed by atoms with Gasteiger partial charge in [-0.1, -0.05) is 30.3 Å². The number of benzene rings is 1. The first-order chi connectivity index (χ1) is 10.2. The van der Waals surface area contributed by atoms with Crippen molar-refractivity contribution in [2.45, 2.75) is 13.0 Å². The molecule has 0 fully saturated rings. The number of hydrogen-bond donors (Lipinski definition) is 0. The zero-order valence-electron chi connectivity index (χ0n) is 13.0. The van der Waals surface area contributed by atoms with E-state index in [4.69, 9.17) is 0 Å². The molecule has 0 aliphatic carbocycles. The van der Waals surface area contributed by atoms with Crippen LogP contribution in [0.25, 0.3) is 0 Å². The average Bonchev–Trinajstić information content (AvgIpc) is 2.45. The fourth-order valence-corrected chi connectivity index (χ4v) is 3.77. The second kappa shape index (κ2) is 8.33. The lowest BCUT2D eigenvalue weighted by Crippen LogP contribution is -2.40. The number of hydrogen-bond acceptors (Lipinski definition) is 5. The first kappa shape index (κ1) is 18.7. The second-order valence-corrected chi connectivity index (χ2v) is 8.40. The van der Waals surface area contributed by atoms with E-state index in [1.54, 1.807) is 38.2 Å². The third-order valence-electron chi connectivity index (χ3n) is 3.15. The van der Waals surface area contributed by atoms with Gasteiger partial charge in [0, 0.05) is 24.9 Å². The Labute approximate surface area is 136 Å². The van der Waals surface area contributed by atoms with Crippen molar-refractivity contribution < 1.29 is 18.0 Å². The van der Waals surface area contributed by atoms with Gasteiger partial charge in [-0.15, -0.1) is 11.8 Å². The molecule has 22 heavy (non-hydrogen) atoms. The van der Waals surface area contributed by atoms with Gasteiger partial charge in [-0.05, 0) is 6.92 Å². The third kappa shape index (κ3) is 6.62. The highest BCUT2D eigenvalue weighted by atomic mass is 32.2. The molecule has 0 saturated heterocycles. The van der Waals surface area contributed by atoms with E-state index in [2.05, 4.69) is 0 Å². The summed E-state index contributed by atoms with van der Waals surface area (Å²) >= 11 is 1.24. The molecule has 1 aromatic carbocycles. The lowest BCUT2D eigenvalue weighted by atomic mass is 10.2. The number of ketones is 1. The molecule has 1 rings (SSSR count). The molecule has 5 nitrogen and oxygen atoms in total. The van der Waals surface area contributed by atoms with Crippen LogP contribution in [-0.2, 0) is 14.6 Å². The molecule has 0 N–H and O–H groups in total. The molecule has 1 amide bonds. The number of rotatable bonds is 8. The van der Waals surface area contributed by atoms with Crippen LogP contribution in [0.1, 0.15) is 17.3 Å². The van der Waals surface area contributed by atoms with Crippen molar-refractivity contribution in [1.82, 2.24) is 4.90 Å². The number of carbonyl (C=O) groups is 2. The van der Waals surface area contributed by atoms with Crippen LogP contribution in [0.15, 0.2) is 30.3 Å². The summed E-state index contributed by atoms with van der Waals surface area (Å²) < 4.78 is 22.5. The molecule has 1 atom stereocenters. The maximum atomic E-state index is 12.0. The van der Waals surface area contributed by atoms with Crippen molar-refractivity contribution >= 4 is 33.3 Å². The van der Waals surface area contributed by atoms with E-state index in [0.29, 0.717) is 5.56 Å². The summed E-state index contributed by atoms with van der Waals surface area (Å²) in [5, 5.41) is 0. The van der Waals surface area contributed by atoms with Gasteiger partial charge in [-0.25, -0.2) is 8.42 Å². The Kier molecular flexibility index (Phi) is 7.09. The van der Waals surface area contributed by atoms with Crippen LogP contribution in [-0.4, -0.2) is 61.6 Å². The Balaban J connectivity index is 2.41. The number of carbonyl (C=O) groups excluding carboxylic acids is 2. The van der Waals surface area contributed by atoms with E-state index < -0.39 is 9.84 Å². The summed E-state index contributed by atoms with van der Waals surface area (Å²) in [5.74, 6) is 0.114. The molecule has 0 bridgehead atoms. The molecule has 0 unspecified atom stereocenters. The van der Waals surface area contributed by atoms with Gasteiger partial charge in [0.25, 0.3) is 0 Å². The third-order valence-corrected chi connectivity index (χ3v) is 5.16. The lowest BCUT2D eigenvalue weighted by molar-refractivity contribution is -0.128. The van der Waals surface area contributed by atoms with E-state index in [1.807, 2.05) is 6.07 Å². The fraction of sp³-hybridized carbons (Fsp3) is 0.467. The highest BCUT2D eigenvalue weighted by Gasteiger charge is 2.19. The zero-order chi connectivity index (χ0) is 16.8. The topological polar surface area (TPSA) is 71.5 Å². The Morgan fingerprint density at radius 1 is 1.18 bits per heavy atom. The van der Waals surface area contributed by atoms with E-state index in [9.17, 15) is 18.0 Å². The highest BCUT2D eigenvalue weighted by Crippen LogP contribution is 2.09. The average molecular weight is 343 g/mol. The monoisotopic (exact) mass is 343 g/mol. The van der Waals surface area contributed by atoms with Gasteiger partial charge >= 0.3 is 0 Å². The van der Waals surface area contributed by atoms with Crippen molar-refractivity contribution in [3.63, 3.8) is 0 Å². The largest absolute Gasteiger partial charge is 0.341 e. The minimum atomic E-state index is -3.13. The first-order valence-electron chi connectivity index (χ1n) is 6.80. The molecule has 0 aromatic heterocycles. The van der Waals surface area contributed by atoms with Gasteiger partial charge < -0.3 is 4.90 Å². The summed E-state index contributed by atoms with van der Waals surface area (Å²) in [6.07, 6.45) is 1.15. The summed E-state index contributed by atoms with van der Waals surface area (Å²) in [4.78, 5) is 25.3. The fourth-order valence-electron chi connectivity index (χ4n) is 1.84. The molecule has 1 aromatic rings. The summed E-state index contributed by atoms with van der Waals surface area (Å²) in [6.45, 7) is 1.69. The van der Waals surface area contributed by atoms with Crippen molar-refractivity contribution in [2.24, 2.45) is 0 Å². The van der Waals surface area contributed by atoms with E-state index in [-0.39, 0.29) is 35.0 Å². The molecule has 122 valence electrons. The smallest absolute Gasteiger partial charge is 0.232 e. The lowest BCUT2D eigenvalue weighted by Gasteiger charge is -2.24. The van der Waals surface area contributed by atoms with Gasteiger partial charge in [-0.3, -0.25) is 9.59 Å². The molecule has 0 aliphatic heterocycles. The van der Waals surface area contributed by atoms with Crippen LogP contribution in [0.3, 0.4) is 0 Å². The number of Topliss-reactive ketones (excluding diaryl/α,β-unsaturated/α-hetero) is 1. The van der Waals surface area contributed by atoms with Crippen LogP contribution in [0.2, 0.25) is 0 Å². The Hall–Kier alpha value is -1.34. The van der Waals surface area contributed by atoms with Crippen LogP contribution in [0.5, 0.6) is 0 Å². The van der Waals surface area contributed by atoms with Crippen molar-refractivity contribution in [3.05, 3.63) is 35.9 Å². The van der Waals surface area contributed by atoms with Crippen molar-refractivity contribution in [3.8, 4) is 0 Å². The van der Waals surface area contributed by atoms with Crippen LogP contribution < -0.4 is 0 Å². The van der Waals surface area contributed by atoms with E-state index in [1.165, 1.54) is 16.7 Å². The van der Waals surface area contributed by atoms with Crippen LogP contribution in [0.4, 0.5) is 0 Å². The highest BCUT2D eigenvalue weighted by molar-refractivity contribution is 8.00. The molecular formula is C15H21NO4S2. The van der Waals surface area contributed by atoms with E-state index in [0.717, 1.165) is 6.26 Å². The first-order valence-corrected chi connectivity index (χ1v) is 10.0. The second-order valence-electron chi connectivity index (χ2n) is 5.23. The minimum Gasteiger partial charge on any atom is -0.341 e. The minimum absolute atomic E-state index is 0.0229. The molecule has 0 radical (unpaired) electrons. The molecular weight excluding hydrogens is 322 g/mol. The Morgan fingerprint density at radius 3 is 2.32 bits per heavy atom. The summed E-state index contributed by atoms with van der Waals surface area (Å²) in [7, 11) is -1.55. The molecule has 0 heterocycles. The number of thioether (sulfide) groups is 1. The zero-order valence-corrected chi connectivity index (χ0v) is 14.6. The predicted octanol–water partition coefficient (Wildman–Crippen LogP) is 1.49. The van der Waals surface area contributed by atoms with Crippen LogP contribution in [0, 0.1) is 0 Å². The Bertz CT molecular complexity index is 614. The van der Waals surface area contributed by atoms with Gasteiger partial charge in [0.1, 0.15) is 9.84 Å². The Morgan fingerprint density at radius 2 is 1.77 bits per heavy atom. The van der Waals surface area contributed by atoms with E-state index >= 15 is 0 Å². The SMILES string of the molecule is C[C@H](CS(C)(=O)=O)N(C)C(=O)CSCC(=O)c1ccccc1. The van der Waals surface area contributed by atoms with Gasteiger partial charge in [-0.2, -0.15) is 0 Å². The quantitative estimate of drug-likeness (QED) is 0.669. The molecule has 0 spiro atoms. The molecule has 7 heteroatoms. The number of amides is 1. The summed E-state index contributed by atoms with van der Waals surface area (Å²) in [5.41, 5.74) is 0.626. The standard InChI is InChI=1S/C15H21NO4S2/c1-12(11-22(3,19)20)16(2)15(18)10-21-9-14(17)13-7-5-4-6-8-13/h4-8,12H,9-11H2,1-3H3/t12-/m1/s1. The molecule has 0 saturated carbocycles. The van der Waals surface area contributed by atoms with Gasteiger partial charge in [0.05, 0.1) is 17.3 Å². The van der Waals surface area contributed by atoms with Crippen molar-refractivity contribution in [1.29, 1.82) is 0 Å². The predicted molar refractivity (Wildman–Crippen MR) is 90.0 cm³/mol. The normalized spacial score (nSPS) is 12.7. The van der Waals surface area contributed by atoms with Crippen molar-refractivity contribution in [2.75, 3.05) is 30.6 Å². The van der Waals surface area contributed by atoms with Gasteiger partial charge in [0.2, 0.25) is 5.91 Å². The van der Waals surface area contributed by atoms with Gasteiger partial charge in [0.15, 0.2) is 5.78 Å². The number of sulfone groups is 1. The summed E-state index contributed by atoms with van der Waals surface area (Å²) in [6, 6.07) is 8.53. The number of nitrogens with zero attached hydrogens (tertiary/aromatic N) is 1. The van der Waals surface area contributed by atoms with Crippen LogP contribution >= 0.6 is 11.8 Å². The molecule has 0 aliphatic rings. The maximum Gasteiger partial charge on any atom is 0.232 e. The maximum absolute atomic E-state index is 12.0.